The molecule has 0 radical (unpaired) electrons. The first kappa shape index (κ1) is 20.7. The van der Waals surface area contributed by atoms with Gasteiger partial charge in [-0.1, -0.05) is 103 Å². The van der Waals surface area contributed by atoms with E-state index in [0.29, 0.717) is 0 Å². The molecule has 0 fully saturated rings. The summed E-state index contributed by atoms with van der Waals surface area (Å²) >= 11 is 0. The Morgan fingerprint density at radius 2 is 1.24 bits per heavy atom. The first-order chi connectivity index (χ1) is 16.7. The zero-order valence-electron chi connectivity index (χ0n) is 19.7. The van der Waals surface area contributed by atoms with Crippen molar-refractivity contribution in [3.63, 3.8) is 0 Å². The summed E-state index contributed by atoms with van der Waals surface area (Å²) in [5.74, 6) is 2.29. The van der Waals surface area contributed by atoms with Crippen molar-refractivity contribution >= 4 is 0 Å². The second-order valence-corrected chi connectivity index (χ2v) is 9.50. The molecule has 0 bridgehead atoms. The van der Waals surface area contributed by atoms with Crippen molar-refractivity contribution in [3.8, 4) is 11.3 Å². The normalized spacial score (nSPS) is 16.4. The van der Waals surface area contributed by atoms with E-state index in [2.05, 4.69) is 129 Å². The molecule has 1 nitrogen and oxygen atoms in total. The van der Waals surface area contributed by atoms with E-state index in [9.17, 15) is 0 Å². The van der Waals surface area contributed by atoms with Gasteiger partial charge in [-0.25, -0.2) is 0 Å². The SMILES string of the molecule is Cc1ccc(-c2cc3c(o2)C(c2ccccc2)(c2ccccc2)CC3c2ccccc2)cc1C. The molecule has 1 aliphatic carbocycles. The number of hydrogen-bond donors (Lipinski definition) is 0. The van der Waals surface area contributed by atoms with Crippen molar-refractivity contribution in [1.29, 1.82) is 0 Å². The van der Waals surface area contributed by atoms with E-state index < -0.39 is 0 Å². The molecule has 4 aromatic carbocycles. The second kappa shape index (κ2) is 8.18. The van der Waals surface area contributed by atoms with E-state index in [1.807, 2.05) is 0 Å². The number of furan rings is 1. The summed E-state index contributed by atoms with van der Waals surface area (Å²) < 4.78 is 6.88. The van der Waals surface area contributed by atoms with Gasteiger partial charge >= 0.3 is 0 Å². The smallest absolute Gasteiger partial charge is 0.134 e. The molecule has 166 valence electrons. The zero-order valence-corrected chi connectivity index (χ0v) is 19.7. The predicted octanol–water partition coefficient (Wildman–Crippen LogP) is 8.43. The summed E-state index contributed by atoms with van der Waals surface area (Å²) in [7, 11) is 0. The Hall–Kier alpha value is -3.84. The fourth-order valence-corrected chi connectivity index (χ4v) is 5.64. The predicted molar refractivity (Wildman–Crippen MR) is 139 cm³/mol. The summed E-state index contributed by atoms with van der Waals surface area (Å²) in [6.45, 7) is 4.32. The van der Waals surface area contributed by atoms with E-state index in [4.69, 9.17) is 4.42 Å². The summed E-state index contributed by atoms with van der Waals surface area (Å²) in [6, 6.07) is 41.6. The molecular formula is C33H28O. The molecule has 1 unspecified atom stereocenters. The first-order valence-corrected chi connectivity index (χ1v) is 12.0. The third kappa shape index (κ3) is 3.23. The van der Waals surface area contributed by atoms with Crippen molar-refractivity contribution in [3.05, 3.63) is 154 Å². The molecule has 1 heteroatoms. The molecule has 1 aliphatic rings. The quantitative estimate of drug-likeness (QED) is 0.273. The molecule has 0 N–H and O–H groups in total. The van der Waals surface area contributed by atoms with Crippen LogP contribution in [-0.2, 0) is 5.41 Å². The monoisotopic (exact) mass is 440 g/mol. The number of aryl methyl sites for hydroxylation is 2. The van der Waals surface area contributed by atoms with Crippen molar-refractivity contribution in [1.82, 2.24) is 0 Å². The van der Waals surface area contributed by atoms with Crippen molar-refractivity contribution in [2.24, 2.45) is 0 Å². The molecule has 1 heterocycles. The van der Waals surface area contributed by atoms with E-state index in [-0.39, 0.29) is 11.3 Å². The maximum atomic E-state index is 6.88. The van der Waals surface area contributed by atoms with Gasteiger partial charge < -0.3 is 4.42 Å². The van der Waals surface area contributed by atoms with Crippen molar-refractivity contribution in [2.45, 2.75) is 31.6 Å². The highest BCUT2D eigenvalue weighted by Gasteiger charge is 2.50. The number of benzene rings is 4. The Balaban J connectivity index is 1.63. The lowest BCUT2D eigenvalue weighted by atomic mass is 9.71. The highest BCUT2D eigenvalue weighted by atomic mass is 16.3. The van der Waals surface area contributed by atoms with Crippen LogP contribution in [0.2, 0.25) is 0 Å². The van der Waals surface area contributed by atoms with Crippen LogP contribution in [0.15, 0.2) is 120 Å². The third-order valence-corrected chi connectivity index (χ3v) is 7.56. The van der Waals surface area contributed by atoms with Crippen molar-refractivity contribution in [2.75, 3.05) is 0 Å². The maximum absolute atomic E-state index is 6.88. The van der Waals surface area contributed by atoms with E-state index in [0.717, 1.165) is 23.5 Å². The topological polar surface area (TPSA) is 13.1 Å². The molecule has 0 spiro atoms. The van der Waals surface area contributed by atoms with E-state index in [1.54, 1.807) is 0 Å². The zero-order chi connectivity index (χ0) is 23.1. The van der Waals surface area contributed by atoms with Gasteiger partial charge in [0.05, 0.1) is 5.41 Å². The van der Waals surface area contributed by atoms with Crippen LogP contribution in [0.25, 0.3) is 11.3 Å². The Labute approximate surface area is 201 Å². The Morgan fingerprint density at radius 1 is 0.647 bits per heavy atom. The molecule has 34 heavy (non-hydrogen) atoms. The number of rotatable bonds is 4. The summed E-state index contributed by atoms with van der Waals surface area (Å²) in [5.41, 5.74) is 8.58. The minimum Gasteiger partial charge on any atom is -0.459 e. The lowest BCUT2D eigenvalue weighted by Crippen LogP contribution is -2.26. The van der Waals surface area contributed by atoms with E-state index in [1.165, 1.54) is 33.4 Å². The van der Waals surface area contributed by atoms with Crippen LogP contribution < -0.4 is 0 Å². The van der Waals surface area contributed by atoms with Crippen LogP contribution in [0.4, 0.5) is 0 Å². The van der Waals surface area contributed by atoms with Crippen molar-refractivity contribution < 1.29 is 4.42 Å². The molecule has 0 amide bonds. The molecule has 0 saturated carbocycles. The van der Waals surface area contributed by atoms with E-state index >= 15 is 0 Å². The molecule has 5 aromatic rings. The molecule has 6 rings (SSSR count). The fraction of sp³-hybridized carbons (Fsp3) is 0.152. The minimum atomic E-state index is -0.337. The summed E-state index contributed by atoms with van der Waals surface area (Å²) in [6.07, 6.45) is 0.951. The standard InChI is InChI=1S/C33H28O/c1-23-18-19-26(20-24(23)2)31-21-29-30(25-12-6-3-7-13-25)22-33(32(29)34-31,27-14-8-4-9-15-27)28-16-10-5-11-17-28/h3-21,30H,22H2,1-2H3. The molecule has 1 aromatic heterocycles. The highest BCUT2D eigenvalue weighted by Crippen LogP contribution is 2.57. The Morgan fingerprint density at radius 3 is 1.82 bits per heavy atom. The number of hydrogen-bond acceptors (Lipinski definition) is 1. The van der Waals surface area contributed by atoms with Gasteiger partial charge in [0.15, 0.2) is 0 Å². The van der Waals surface area contributed by atoms with Gasteiger partial charge in [0, 0.05) is 17.0 Å². The summed E-state index contributed by atoms with van der Waals surface area (Å²) in [5, 5.41) is 0. The third-order valence-electron chi connectivity index (χ3n) is 7.56. The average molecular weight is 441 g/mol. The lowest BCUT2D eigenvalue weighted by Gasteiger charge is -2.31. The van der Waals surface area contributed by atoms with Gasteiger partial charge in [-0.05, 0) is 60.2 Å². The van der Waals surface area contributed by atoms with Crippen LogP contribution in [0.1, 0.15) is 51.5 Å². The van der Waals surface area contributed by atoms with Crippen LogP contribution in [0.3, 0.4) is 0 Å². The largest absolute Gasteiger partial charge is 0.459 e. The Kier molecular flexibility index (Phi) is 4.99. The van der Waals surface area contributed by atoms with Gasteiger partial charge in [-0.2, -0.15) is 0 Å². The van der Waals surface area contributed by atoms with Gasteiger partial charge in [0.2, 0.25) is 0 Å². The summed E-state index contributed by atoms with van der Waals surface area (Å²) in [4.78, 5) is 0. The van der Waals surface area contributed by atoms with Gasteiger partial charge in [-0.3, -0.25) is 0 Å². The van der Waals surface area contributed by atoms with Gasteiger partial charge in [0.1, 0.15) is 11.5 Å². The molecule has 0 saturated heterocycles. The van der Waals surface area contributed by atoms with Crippen LogP contribution in [0.5, 0.6) is 0 Å². The fourth-order valence-electron chi connectivity index (χ4n) is 5.64. The molecule has 0 aliphatic heterocycles. The van der Waals surface area contributed by atoms with Gasteiger partial charge in [-0.15, -0.1) is 0 Å². The highest BCUT2D eigenvalue weighted by molar-refractivity contribution is 5.66. The average Bonchev–Trinajstić information content (AvgIpc) is 3.46. The minimum absolute atomic E-state index is 0.264. The first-order valence-electron chi connectivity index (χ1n) is 12.0. The lowest BCUT2D eigenvalue weighted by molar-refractivity contribution is 0.438. The number of fused-ring (bicyclic) bond motifs is 1. The second-order valence-electron chi connectivity index (χ2n) is 9.50. The van der Waals surface area contributed by atoms with Crippen LogP contribution >= 0.6 is 0 Å². The molecule has 1 atom stereocenters. The van der Waals surface area contributed by atoms with Crippen LogP contribution in [0, 0.1) is 13.8 Å². The van der Waals surface area contributed by atoms with Crippen LogP contribution in [-0.4, -0.2) is 0 Å². The van der Waals surface area contributed by atoms with Gasteiger partial charge in [0.25, 0.3) is 0 Å². The molecular weight excluding hydrogens is 412 g/mol. The maximum Gasteiger partial charge on any atom is 0.134 e. The Bertz CT molecular complexity index is 1390.